The molecule has 4 rings (SSSR count). The second kappa shape index (κ2) is 8.30. The molecule has 2 aromatic carbocycles. The molecule has 0 spiro atoms. The first-order valence-electron chi connectivity index (χ1n) is 9.21. The van der Waals surface area contributed by atoms with Gasteiger partial charge >= 0.3 is 5.69 Å². The molecule has 0 saturated heterocycles. The Labute approximate surface area is 177 Å². The molecule has 0 saturated carbocycles. The molecule has 0 aliphatic heterocycles. The molecule has 2 aromatic heterocycles. The van der Waals surface area contributed by atoms with Gasteiger partial charge in [-0.3, -0.25) is 10.1 Å². The van der Waals surface area contributed by atoms with E-state index in [1.807, 2.05) is 54.3 Å². The molecule has 8 nitrogen and oxygen atoms in total. The zero-order chi connectivity index (χ0) is 21.1. The van der Waals surface area contributed by atoms with Crippen molar-refractivity contribution in [2.75, 3.05) is 16.8 Å². The number of benzene rings is 2. The minimum Gasteiger partial charge on any atom is -0.320 e. The summed E-state index contributed by atoms with van der Waals surface area (Å²) >= 11 is 5.87. The highest BCUT2D eigenvalue weighted by Crippen LogP contribution is 2.39. The highest BCUT2D eigenvalue weighted by molar-refractivity contribution is 6.30. The third kappa shape index (κ3) is 3.72. The summed E-state index contributed by atoms with van der Waals surface area (Å²) in [6.45, 7) is 2.39. The molecular formula is C21H17ClN6O2. The van der Waals surface area contributed by atoms with Gasteiger partial charge in [0.2, 0.25) is 11.6 Å². The smallest absolute Gasteiger partial charge is 0.320 e. The number of nitrogens with zero attached hydrogens (tertiary/aromatic N) is 5. The molecule has 0 aliphatic rings. The predicted octanol–water partition coefficient (Wildman–Crippen LogP) is 5.49. The summed E-state index contributed by atoms with van der Waals surface area (Å²) in [5.41, 5.74) is 0.594. The average Bonchev–Trinajstić information content (AvgIpc) is 2.76. The third-order valence-corrected chi connectivity index (χ3v) is 4.81. The first-order valence-corrected chi connectivity index (χ1v) is 9.59. The van der Waals surface area contributed by atoms with Gasteiger partial charge < -0.3 is 10.2 Å². The van der Waals surface area contributed by atoms with Crippen LogP contribution in [-0.4, -0.2) is 26.4 Å². The van der Waals surface area contributed by atoms with Crippen molar-refractivity contribution in [1.82, 2.24) is 15.0 Å². The lowest BCUT2D eigenvalue weighted by Gasteiger charge is -2.23. The topological polar surface area (TPSA) is 97.1 Å². The first kappa shape index (κ1) is 19.5. The molecule has 0 radical (unpaired) electrons. The van der Waals surface area contributed by atoms with Crippen molar-refractivity contribution in [2.45, 2.75) is 6.92 Å². The standard InChI is InChI=1S/C21H17ClN6O2/c1-2-27(17-9-5-7-14-6-3-4-8-16(14)17)21-19(28(29)30)20(24-13-25-21)26-18-11-10-15(22)12-23-18/h3-13H,2H2,1H3,(H,23,24,25,26). The van der Waals surface area contributed by atoms with E-state index in [0.717, 1.165) is 16.5 Å². The molecule has 0 unspecified atom stereocenters. The lowest BCUT2D eigenvalue weighted by molar-refractivity contribution is -0.383. The van der Waals surface area contributed by atoms with E-state index in [4.69, 9.17) is 11.6 Å². The van der Waals surface area contributed by atoms with E-state index in [1.165, 1.54) is 12.5 Å². The summed E-state index contributed by atoms with van der Waals surface area (Å²) in [5.74, 6) is 0.643. The number of pyridine rings is 1. The highest BCUT2D eigenvalue weighted by atomic mass is 35.5. The number of fused-ring (bicyclic) bond motifs is 1. The molecule has 0 bridgehead atoms. The van der Waals surface area contributed by atoms with Crippen LogP contribution in [-0.2, 0) is 0 Å². The number of rotatable bonds is 6. The maximum absolute atomic E-state index is 12.0. The Morgan fingerprint density at radius 3 is 2.60 bits per heavy atom. The van der Waals surface area contributed by atoms with Gasteiger partial charge in [-0.2, -0.15) is 0 Å². The van der Waals surface area contributed by atoms with Gasteiger partial charge in [-0.15, -0.1) is 0 Å². The largest absolute Gasteiger partial charge is 0.354 e. The Morgan fingerprint density at radius 1 is 1.07 bits per heavy atom. The van der Waals surface area contributed by atoms with Crippen LogP contribution in [0.15, 0.2) is 67.1 Å². The monoisotopic (exact) mass is 420 g/mol. The summed E-state index contributed by atoms with van der Waals surface area (Å²) in [7, 11) is 0. The van der Waals surface area contributed by atoms with Crippen molar-refractivity contribution < 1.29 is 4.92 Å². The number of hydrogen-bond donors (Lipinski definition) is 1. The maximum atomic E-state index is 12.0. The number of aromatic nitrogens is 3. The molecule has 9 heteroatoms. The average molecular weight is 421 g/mol. The van der Waals surface area contributed by atoms with Crippen LogP contribution >= 0.6 is 11.6 Å². The van der Waals surface area contributed by atoms with Gasteiger partial charge in [-0.25, -0.2) is 15.0 Å². The molecule has 30 heavy (non-hydrogen) atoms. The van der Waals surface area contributed by atoms with Crippen molar-refractivity contribution in [1.29, 1.82) is 0 Å². The van der Waals surface area contributed by atoms with Crippen LogP contribution in [0.3, 0.4) is 0 Å². The fourth-order valence-electron chi connectivity index (χ4n) is 3.28. The van der Waals surface area contributed by atoms with Gasteiger partial charge in [0.05, 0.1) is 15.6 Å². The highest BCUT2D eigenvalue weighted by Gasteiger charge is 2.28. The Kier molecular flexibility index (Phi) is 5.40. The molecular weight excluding hydrogens is 404 g/mol. The van der Waals surface area contributed by atoms with Crippen LogP contribution in [0.4, 0.5) is 28.8 Å². The quantitative estimate of drug-likeness (QED) is 0.325. The molecule has 0 aliphatic carbocycles. The van der Waals surface area contributed by atoms with E-state index in [-0.39, 0.29) is 17.3 Å². The van der Waals surface area contributed by atoms with E-state index in [0.29, 0.717) is 17.4 Å². The van der Waals surface area contributed by atoms with Gasteiger partial charge in [-0.05, 0) is 30.5 Å². The third-order valence-electron chi connectivity index (χ3n) is 4.59. The van der Waals surface area contributed by atoms with E-state index in [9.17, 15) is 10.1 Å². The van der Waals surface area contributed by atoms with E-state index >= 15 is 0 Å². The summed E-state index contributed by atoms with van der Waals surface area (Å²) in [5, 5.41) is 17.4. The summed E-state index contributed by atoms with van der Waals surface area (Å²) < 4.78 is 0. The van der Waals surface area contributed by atoms with Gasteiger partial charge in [0.1, 0.15) is 12.1 Å². The fraction of sp³-hybridized carbons (Fsp3) is 0.0952. The molecule has 150 valence electrons. The van der Waals surface area contributed by atoms with E-state index in [2.05, 4.69) is 20.3 Å². The Balaban J connectivity index is 1.84. The number of halogens is 1. The van der Waals surface area contributed by atoms with Crippen LogP contribution in [0.5, 0.6) is 0 Å². The maximum Gasteiger partial charge on any atom is 0.354 e. The fourth-order valence-corrected chi connectivity index (χ4v) is 3.39. The van der Waals surface area contributed by atoms with Crippen molar-refractivity contribution in [3.05, 3.63) is 82.3 Å². The molecule has 0 amide bonds. The van der Waals surface area contributed by atoms with Crippen LogP contribution < -0.4 is 10.2 Å². The molecule has 2 heterocycles. The summed E-state index contributed by atoms with van der Waals surface area (Å²) in [6.07, 6.45) is 2.75. The molecule has 0 fully saturated rings. The van der Waals surface area contributed by atoms with Crippen molar-refractivity contribution in [3.8, 4) is 0 Å². The van der Waals surface area contributed by atoms with E-state index in [1.54, 1.807) is 12.1 Å². The van der Waals surface area contributed by atoms with Gasteiger partial charge in [-0.1, -0.05) is 48.0 Å². The van der Waals surface area contributed by atoms with Crippen LogP contribution in [0.1, 0.15) is 6.92 Å². The van der Waals surface area contributed by atoms with Crippen molar-refractivity contribution in [3.63, 3.8) is 0 Å². The van der Waals surface area contributed by atoms with Crippen LogP contribution in [0, 0.1) is 10.1 Å². The summed E-state index contributed by atoms with van der Waals surface area (Å²) in [6, 6.07) is 17.0. The minimum absolute atomic E-state index is 0.0542. The second-order valence-electron chi connectivity index (χ2n) is 6.38. The molecule has 1 N–H and O–H groups in total. The predicted molar refractivity (Wildman–Crippen MR) is 118 cm³/mol. The first-order chi connectivity index (χ1) is 14.6. The zero-order valence-electron chi connectivity index (χ0n) is 16.0. The molecule has 4 aromatic rings. The summed E-state index contributed by atoms with van der Waals surface area (Å²) in [4.78, 5) is 25.8. The van der Waals surface area contributed by atoms with Crippen molar-refractivity contribution >= 4 is 51.2 Å². The van der Waals surface area contributed by atoms with E-state index < -0.39 is 4.92 Å². The Hall–Kier alpha value is -3.78. The van der Waals surface area contributed by atoms with Crippen LogP contribution in [0.2, 0.25) is 5.02 Å². The number of anilines is 4. The minimum atomic E-state index is -0.485. The Morgan fingerprint density at radius 2 is 1.87 bits per heavy atom. The van der Waals surface area contributed by atoms with Crippen LogP contribution in [0.25, 0.3) is 10.8 Å². The lowest BCUT2D eigenvalue weighted by atomic mass is 10.1. The second-order valence-corrected chi connectivity index (χ2v) is 6.82. The molecule has 0 atom stereocenters. The normalized spacial score (nSPS) is 10.7. The van der Waals surface area contributed by atoms with Gasteiger partial charge in [0.25, 0.3) is 0 Å². The Bertz CT molecular complexity index is 1210. The lowest BCUT2D eigenvalue weighted by Crippen LogP contribution is -2.20. The van der Waals surface area contributed by atoms with Gasteiger partial charge in [0, 0.05) is 18.1 Å². The van der Waals surface area contributed by atoms with Gasteiger partial charge in [0.15, 0.2) is 0 Å². The SMILES string of the molecule is CCN(c1ncnc(Nc2ccc(Cl)cn2)c1[N+](=O)[O-])c1cccc2ccccc12. The zero-order valence-corrected chi connectivity index (χ0v) is 16.7. The number of hydrogen-bond acceptors (Lipinski definition) is 7. The van der Waals surface area contributed by atoms with Crippen molar-refractivity contribution in [2.24, 2.45) is 0 Å². The number of nitrogens with one attached hydrogen (secondary N) is 1. The number of nitro groups is 1.